The number of ether oxygens (including phenoxy) is 2. The van der Waals surface area contributed by atoms with Crippen molar-refractivity contribution in [1.29, 1.82) is 0 Å². The van der Waals surface area contributed by atoms with Gasteiger partial charge >= 0.3 is 0 Å². The third kappa shape index (κ3) is 3.96. The Morgan fingerprint density at radius 1 is 1.38 bits per heavy atom. The summed E-state index contributed by atoms with van der Waals surface area (Å²) in [5.41, 5.74) is 5.88. The fraction of sp³-hybridized carbons (Fsp3) is 0.667. The van der Waals surface area contributed by atoms with Crippen molar-refractivity contribution in [3.63, 3.8) is 0 Å². The van der Waals surface area contributed by atoms with Crippen LogP contribution in [0.15, 0.2) is 16.5 Å². The molecule has 0 saturated heterocycles. The largest absolute Gasteiger partial charge is 0.464 e. The predicted molar refractivity (Wildman–Crippen MR) is 62.3 cm³/mol. The van der Waals surface area contributed by atoms with Crippen LogP contribution in [0.5, 0.6) is 0 Å². The summed E-state index contributed by atoms with van der Waals surface area (Å²) in [6.07, 6.45) is 0.685. The van der Waals surface area contributed by atoms with Crippen molar-refractivity contribution in [2.75, 3.05) is 20.3 Å². The monoisotopic (exact) mass is 227 g/mol. The third-order valence-corrected chi connectivity index (χ3v) is 2.31. The number of rotatable bonds is 7. The molecule has 0 fully saturated rings. The quantitative estimate of drug-likeness (QED) is 0.724. The van der Waals surface area contributed by atoms with E-state index < -0.39 is 0 Å². The van der Waals surface area contributed by atoms with Crippen LogP contribution in [0.3, 0.4) is 0 Å². The van der Waals surface area contributed by atoms with Gasteiger partial charge < -0.3 is 19.6 Å². The average Bonchev–Trinajstić information content (AvgIpc) is 2.64. The molecule has 0 aliphatic rings. The smallest absolute Gasteiger partial charge is 0.134 e. The molecule has 92 valence electrons. The fourth-order valence-corrected chi connectivity index (χ4v) is 1.51. The first-order chi connectivity index (χ1) is 7.65. The highest BCUT2D eigenvalue weighted by molar-refractivity contribution is 5.09. The molecule has 0 aliphatic heterocycles. The van der Waals surface area contributed by atoms with Crippen molar-refractivity contribution in [1.82, 2.24) is 0 Å². The average molecular weight is 227 g/mol. The summed E-state index contributed by atoms with van der Waals surface area (Å²) in [6, 6.07) is 3.75. The van der Waals surface area contributed by atoms with Crippen LogP contribution in [-0.4, -0.2) is 26.4 Å². The number of aryl methyl sites for hydroxylation is 1. The minimum absolute atomic E-state index is 0.0897. The van der Waals surface area contributed by atoms with Gasteiger partial charge in [-0.1, -0.05) is 0 Å². The summed E-state index contributed by atoms with van der Waals surface area (Å²) < 4.78 is 16.2. The lowest BCUT2D eigenvalue weighted by Crippen LogP contribution is -2.27. The molecule has 4 heteroatoms. The zero-order chi connectivity index (χ0) is 12.0. The van der Waals surface area contributed by atoms with Gasteiger partial charge in [-0.2, -0.15) is 0 Å². The molecule has 4 nitrogen and oxygen atoms in total. The zero-order valence-corrected chi connectivity index (χ0v) is 10.2. The van der Waals surface area contributed by atoms with Crippen molar-refractivity contribution < 1.29 is 13.9 Å². The summed E-state index contributed by atoms with van der Waals surface area (Å²) in [6.45, 7) is 5.15. The predicted octanol–water partition coefficient (Wildman–Crippen LogP) is 2.03. The molecule has 0 saturated carbocycles. The van der Waals surface area contributed by atoms with Crippen LogP contribution in [0, 0.1) is 6.92 Å². The van der Waals surface area contributed by atoms with E-state index in [1.54, 1.807) is 7.11 Å². The van der Waals surface area contributed by atoms with Crippen molar-refractivity contribution >= 4 is 0 Å². The van der Waals surface area contributed by atoms with E-state index in [0.29, 0.717) is 13.2 Å². The first-order valence-electron chi connectivity index (χ1n) is 5.57. The van der Waals surface area contributed by atoms with Gasteiger partial charge in [0.15, 0.2) is 0 Å². The number of furan rings is 1. The van der Waals surface area contributed by atoms with Crippen LogP contribution >= 0.6 is 0 Å². The van der Waals surface area contributed by atoms with Gasteiger partial charge in [-0.3, -0.25) is 0 Å². The van der Waals surface area contributed by atoms with Crippen LogP contribution in [-0.2, 0) is 9.47 Å². The molecule has 0 aliphatic carbocycles. The second-order valence-corrected chi connectivity index (χ2v) is 3.95. The molecular formula is C12H21NO3. The van der Waals surface area contributed by atoms with Crippen LogP contribution < -0.4 is 5.73 Å². The lowest BCUT2D eigenvalue weighted by atomic mass is 10.1. The van der Waals surface area contributed by atoms with Gasteiger partial charge in [0.25, 0.3) is 0 Å². The Bertz CT molecular complexity index is 296. The maximum atomic E-state index is 5.88. The van der Waals surface area contributed by atoms with Gasteiger partial charge in [-0.15, -0.1) is 0 Å². The first-order valence-corrected chi connectivity index (χ1v) is 5.57. The van der Waals surface area contributed by atoms with Gasteiger partial charge in [-0.05, 0) is 32.4 Å². The molecule has 0 spiro atoms. The summed E-state index contributed by atoms with van der Waals surface area (Å²) >= 11 is 0. The van der Waals surface area contributed by atoms with Gasteiger partial charge in [0.1, 0.15) is 17.6 Å². The second kappa shape index (κ2) is 6.68. The van der Waals surface area contributed by atoms with E-state index >= 15 is 0 Å². The molecule has 1 heterocycles. The lowest BCUT2D eigenvalue weighted by Gasteiger charge is -2.19. The second-order valence-electron chi connectivity index (χ2n) is 3.95. The first kappa shape index (κ1) is 13.2. The molecule has 16 heavy (non-hydrogen) atoms. The lowest BCUT2D eigenvalue weighted by molar-refractivity contribution is 0.0133. The normalized spacial score (nSPS) is 15.0. The SMILES string of the molecule is COCCCOC(c1ccc(C)o1)C(C)N. The number of hydrogen-bond donors (Lipinski definition) is 1. The Morgan fingerprint density at radius 2 is 2.12 bits per heavy atom. The highest BCUT2D eigenvalue weighted by atomic mass is 16.5. The van der Waals surface area contributed by atoms with Gasteiger partial charge in [0.05, 0.1) is 0 Å². The Morgan fingerprint density at radius 3 is 2.62 bits per heavy atom. The van der Waals surface area contributed by atoms with E-state index in [2.05, 4.69) is 0 Å². The minimum Gasteiger partial charge on any atom is -0.464 e. The molecule has 2 N–H and O–H groups in total. The van der Waals surface area contributed by atoms with E-state index in [9.17, 15) is 0 Å². The maximum absolute atomic E-state index is 5.88. The Balaban J connectivity index is 2.48. The summed E-state index contributed by atoms with van der Waals surface area (Å²) in [5, 5.41) is 0. The molecule has 0 amide bonds. The van der Waals surface area contributed by atoms with Crippen LogP contribution in [0.25, 0.3) is 0 Å². The summed E-state index contributed by atoms with van der Waals surface area (Å²) in [7, 11) is 1.68. The highest BCUT2D eigenvalue weighted by Crippen LogP contribution is 2.22. The van der Waals surface area contributed by atoms with Gasteiger partial charge in [-0.25, -0.2) is 0 Å². The summed E-state index contributed by atoms with van der Waals surface area (Å²) in [5.74, 6) is 1.67. The van der Waals surface area contributed by atoms with E-state index in [1.165, 1.54) is 0 Å². The minimum atomic E-state index is -0.175. The van der Waals surface area contributed by atoms with Gasteiger partial charge in [0.2, 0.25) is 0 Å². The fourth-order valence-electron chi connectivity index (χ4n) is 1.51. The molecule has 2 unspecified atom stereocenters. The Kier molecular flexibility index (Phi) is 5.52. The van der Waals surface area contributed by atoms with E-state index in [0.717, 1.165) is 17.9 Å². The summed E-state index contributed by atoms with van der Waals surface area (Å²) in [4.78, 5) is 0. The molecule has 0 aromatic carbocycles. The van der Waals surface area contributed by atoms with Gasteiger partial charge in [0, 0.05) is 26.4 Å². The standard InChI is InChI=1S/C12H21NO3/c1-9-5-6-11(16-9)12(10(2)13)15-8-4-7-14-3/h5-6,10,12H,4,7-8,13H2,1-3H3. The maximum Gasteiger partial charge on any atom is 0.134 e. The number of nitrogens with two attached hydrogens (primary N) is 1. The number of methoxy groups -OCH3 is 1. The third-order valence-electron chi connectivity index (χ3n) is 2.31. The van der Waals surface area contributed by atoms with Crippen LogP contribution in [0.1, 0.15) is 31.0 Å². The van der Waals surface area contributed by atoms with Crippen molar-refractivity contribution in [2.24, 2.45) is 5.73 Å². The number of hydrogen-bond acceptors (Lipinski definition) is 4. The molecule has 0 bridgehead atoms. The highest BCUT2D eigenvalue weighted by Gasteiger charge is 2.19. The van der Waals surface area contributed by atoms with Crippen molar-refractivity contribution in [2.45, 2.75) is 32.4 Å². The topological polar surface area (TPSA) is 57.6 Å². The molecule has 0 radical (unpaired) electrons. The van der Waals surface area contributed by atoms with Crippen LogP contribution in [0.2, 0.25) is 0 Å². The Hall–Kier alpha value is -0.840. The van der Waals surface area contributed by atoms with E-state index in [1.807, 2.05) is 26.0 Å². The molecule has 1 aromatic heterocycles. The van der Waals surface area contributed by atoms with Crippen molar-refractivity contribution in [3.05, 3.63) is 23.7 Å². The van der Waals surface area contributed by atoms with Crippen molar-refractivity contribution in [3.8, 4) is 0 Å². The Labute approximate surface area is 96.7 Å². The van der Waals surface area contributed by atoms with E-state index in [4.69, 9.17) is 19.6 Å². The molecular weight excluding hydrogens is 206 g/mol. The zero-order valence-electron chi connectivity index (χ0n) is 10.2. The van der Waals surface area contributed by atoms with Crippen LogP contribution in [0.4, 0.5) is 0 Å². The molecule has 1 rings (SSSR count). The van der Waals surface area contributed by atoms with E-state index in [-0.39, 0.29) is 12.1 Å². The molecule has 2 atom stereocenters. The molecule has 1 aromatic rings.